The summed E-state index contributed by atoms with van der Waals surface area (Å²) in [5, 5.41) is 21.5. The molecule has 10 rings (SSSR count). The number of nitrogens with zero attached hydrogens (tertiary/aromatic N) is 4. The zero-order chi connectivity index (χ0) is 38.5. The number of rotatable bonds is 7. The van der Waals surface area contributed by atoms with Gasteiger partial charge in [-0.1, -0.05) is 35.7 Å². The molecule has 4 aromatic heterocycles. The van der Waals surface area contributed by atoms with E-state index in [1.165, 1.54) is 45.9 Å². The second-order valence-electron chi connectivity index (χ2n) is 14.1. The Bertz CT molecular complexity index is 2610. The molecule has 0 spiro atoms. The predicted molar refractivity (Wildman–Crippen MR) is 221 cm³/mol. The van der Waals surface area contributed by atoms with Gasteiger partial charge in [-0.05, 0) is 92.0 Å². The third-order valence-electron chi connectivity index (χ3n) is 10.5. The van der Waals surface area contributed by atoms with Crippen molar-refractivity contribution in [2.75, 3.05) is 17.2 Å². The number of carboxylic acid groups (broad SMARTS) is 1. The minimum Gasteiger partial charge on any atom is -0.481 e. The van der Waals surface area contributed by atoms with Gasteiger partial charge in [-0.2, -0.15) is 0 Å². The van der Waals surface area contributed by atoms with Crippen molar-refractivity contribution >= 4 is 112 Å². The maximum atomic E-state index is 12.3. The predicted octanol–water partition coefficient (Wildman–Crippen LogP) is 7.65. The number of amides is 1. The Morgan fingerprint density at radius 1 is 0.732 bits per heavy atom. The number of aromatic nitrogens is 4. The highest BCUT2D eigenvalue weighted by atomic mass is 32.2. The number of carbonyl (C=O) groups is 4. The maximum Gasteiger partial charge on any atom is 0.306 e. The molecule has 0 bridgehead atoms. The Kier molecular flexibility index (Phi) is 9.98. The minimum atomic E-state index is -0.729. The summed E-state index contributed by atoms with van der Waals surface area (Å²) in [5.74, 6) is 0.657. The van der Waals surface area contributed by atoms with Crippen LogP contribution in [0.2, 0.25) is 0 Å². The van der Waals surface area contributed by atoms with E-state index < -0.39 is 5.97 Å². The molecule has 2 atom stereocenters. The Balaban J connectivity index is 0.000000147. The van der Waals surface area contributed by atoms with E-state index >= 15 is 0 Å². The highest BCUT2D eigenvalue weighted by Gasteiger charge is 2.31. The molecule has 16 heteroatoms. The number of fused-ring (bicyclic) bond motifs is 8. The Morgan fingerprint density at radius 2 is 1.23 bits per heavy atom. The van der Waals surface area contributed by atoms with Crippen molar-refractivity contribution in [3.8, 4) is 0 Å². The molecule has 1 amide bonds. The van der Waals surface area contributed by atoms with Crippen molar-refractivity contribution in [3.63, 3.8) is 0 Å². The monoisotopic (exact) mass is 821 g/mol. The molecule has 6 heterocycles. The molecule has 2 aromatic carbocycles. The van der Waals surface area contributed by atoms with Crippen LogP contribution in [0.5, 0.6) is 0 Å². The van der Waals surface area contributed by atoms with Crippen molar-refractivity contribution in [3.05, 3.63) is 81.1 Å². The molecular formula is C40H35N7O5S4. The van der Waals surface area contributed by atoms with Crippen LogP contribution in [0, 0.1) is 11.8 Å². The zero-order valence-electron chi connectivity index (χ0n) is 30.1. The third-order valence-corrected chi connectivity index (χ3v) is 14.8. The Morgan fingerprint density at radius 3 is 1.73 bits per heavy atom. The van der Waals surface area contributed by atoms with E-state index in [9.17, 15) is 24.3 Å². The number of thioether (sulfide) groups is 2. The number of hydrogen-bond acceptors (Lipinski definition) is 14. The summed E-state index contributed by atoms with van der Waals surface area (Å²) in [4.78, 5) is 70.9. The first kappa shape index (κ1) is 36.7. The molecule has 12 nitrogen and oxygen atoms in total. The molecular weight excluding hydrogens is 787 g/mol. The first-order valence-electron chi connectivity index (χ1n) is 18.4. The highest BCUT2D eigenvalue weighted by molar-refractivity contribution is 8.14. The van der Waals surface area contributed by atoms with E-state index in [2.05, 4.69) is 35.9 Å². The lowest BCUT2D eigenvalue weighted by molar-refractivity contribution is -0.142. The van der Waals surface area contributed by atoms with Gasteiger partial charge in [-0.3, -0.25) is 19.2 Å². The number of carbonyl (C=O) groups excluding carboxylic acids is 3. The molecule has 0 saturated heterocycles. The second-order valence-corrected chi connectivity index (χ2v) is 18.5. The molecule has 4 N–H and O–H groups in total. The smallest absolute Gasteiger partial charge is 0.306 e. The topological polar surface area (TPSA) is 176 Å². The van der Waals surface area contributed by atoms with Crippen molar-refractivity contribution < 1.29 is 24.3 Å². The highest BCUT2D eigenvalue weighted by Crippen LogP contribution is 2.43. The molecule has 0 saturated carbocycles. The summed E-state index contributed by atoms with van der Waals surface area (Å²) in [6.07, 6.45) is 8.49. The first-order valence-corrected chi connectivity index (χ1v) is 21.7. The number of nitrogens with one attached hydrogen (secondary N) is 3. The van der Waals surface area contributed by atoms with Crippen LogP contribution in [0.1, 0.15) is 51.8 Å². The van der Waals surface area contributed by atoms with Gasteiger partial charge in [0.2, 0.25) is 5.91 Å². The molecule has 0 radical (unpaired) electrons. The normalized spacial score (nSPS) is 18.1. The van der Waals surface area contributed by atoms with E-state index in [-0.39, 0.29) is 28.0 Å². The molecule has 6 aromatic rings. The molecule has 0 fully saturated rings. The molecule has 2 unspecified atom stereocenters. The van der Waals surface area contributed by atoms with Gasteiger partial charge in [0.25, 0.3) is 0 Å². The summed E-state index contributed by atoms with van der Waals surface area (Å²) in [7, 11) is 0. The van der Waals surface area contributed by atoms with Gasteiger partial charge >= 0.3 is 5.97 Å². The molecule has 4 aliphatic rings. The summed E-state index contributed by atoms with van der Waals surface area (Å²) >= 11 is 5.81. The number of anilines is 4. The number of carboxylic acids is 1. The largest absolute Gasteiger partial charge is 0.481 e. The maximum absolute atomic E-state index is 12.3. The van der Waals surface area contributed by atoms with Crippen LogP contribution in [-0.4, -0.2) is 53.7 Å². The summed E-state index contributed by atoms with van der Waals surface area (Å²) in [5.41, 5.74) is 6.39. The zero-order valence-corrected chi connectivity index (χ0v) is 33.4. The van der Waals surface area contributed by atoms with Crippen LogP contribution in [0.4, 0.5) is 23.0 Å². The van der Waals surface area contributed by atoms with Crippen molar-refractivity contribution in [2.24, 2.45) is 11.8 Å². The van der Waals surface area contributed by atoms with E-state index in [1.54, 1.807) is 29.0 Å². The van der Waals surface area contributed by atoms with Crippen LogP contribution in [0.3, 0.4) is 0 Å². The van der Waals surface area contributed by atoms with Crippen molar-refractivity contribution in [2.45, 2.75) is 68.1 Å². The van der Waals surface area contributed by atoms with Gasteiger partial charge in [0.05, 0.1) is 16.7 Å². The third kappa shape index (κ3) is 7.14. The Hall–Kier alpha value is -4.90. The molecule has 56 heavy (non-hydrogen) atoms. The van der Waals surface area contributed by atoms with Gasteiger partial charge in [-0.15, -0.1) is 22.7 Å². The lowest BCUT2D eigenvalue weighted by Gasteiger charge is -2.21. The number of benzene rings is 2. The fourth-order valence-corrected chi connectivity index (χ4v) is 12.2. The average Bonchev–Trinajstić information content (AvgIpc) is 3.95. The van der Waals surface area contributed by atoms with Gasteiger partial charge < -0.3 is 21.1 Å². The lowest BCUT2D eigenvalue weighted by Crippen LogP contribution is -2.33. The van der Waals surface area contributed by atoms with E-state index in [4.69, 9.17) is 0 Å². The van der Waals surface area contributed by atoms with Gasteiger partial charge in [0.1, 0.15) is 34.0 Å². The second kappa shape index (κ2) is 15.2. The average molecular weight is 822 g/mol. The minimum absolute atomic E-state index is 0.0335. The van der Waals surface area contributed by atoms with Crippen LogP contribution in [-0.2, 0) is 57.7 Å². The molecule has 284 valence electrons. The van der Waals surface area contributed by atoms with Crippen LogP contribution >= 0.6 is 46.2 Å². The SMILES string of the molecule is CCNC(=O)C1CCc2c(sc3ncnc(Nc4ccc5c(c4)SC(=O)C5)c23)C1.O=C1Cc2ccc(Nc3ncnc4sc5c(c34)CCC(C(=O)O)C5)cc2S1. The fourth-order valence-electron chi connectivity index (χ4n) is 7.81. The van der Waals surface area contributed by atoms with E-state index in [0.717, 1.165) is 94.9 Å². The molecule has 2 aliphatic heterocycles. The van der Waals surface area contributed by atoms with Crippen LogP contribution < -0.4 is 16.0 Å². The standard InChI is InChI=1S/C21H20N4O2S2.C19H15N3O3S2/c1-2-22-20(27)12-4-6-14-16(7-12)29-21-18(14)19(23-10-24-21)25-13-5-3-11-8-17(26)28-15(11)9-13;23-15-6-9-1-3-11(7-13(9)26-15)22-17-16-12-4-2-10(19(24)25)5-14(12)27-18(16)21-8-20-17/h3,5,9-10,12H,2,4,6-8H2,1H3,(H,22,27)(H,23,24,25);1,3,7-8,10H,2,4-6H2,(H,24,25)(H,20,21,22). The molecule has 2 aliphatic carbocycles. The summed E-state index contributed by atoms with van der Waals surface area (Å²) in [6.45, 7) is 2.62. The first-order chi connectivity index (χ1) is 27.2. The van der Waals surface area contributed by atoms with Gasteiger partial charge in [0, 0.05) is 56.2 Å². The quantitative estimate of drug-likeness (QED) is 0.124. The van der Waals surface area contributed by atoms with E-state index in [0.29, 0.717) is 32.2 Å². The van der Waals surface area contributed by atoms with Crippen LogP contribution in [0.15, 0.2) is 58.8 Å². The number of thiophene rings is 2. The van der Waals surface area contributed by atoms with Crippen molar-refractivity contribution in [1.29, 1.82) is 0 Å². The van der Waals surface area contributed by atoms with E-state index in [1.807, 2.05) is 43.3 Å². The van der Waals surface area contributed by atoms with Crippen molar-refractivity contribution in [1.82, 2.24) is 25.3 Å². The lowest BCUT2D eigenvalue weighted by atomic mass is 9.87. The number of aryl methyl sites for hydroxylation is 2. The fraction of sp³-hybridized carbons (Fsp3) is 0.300. The van der Waals surface area contributed by atoms with Gasteiger partial charge in [0.15, 0.2) is 10.2 Å². The van der Waals surface area contributed by atoms with Crippen LogP contribution in [0.25, 0.3) is 20.4 Å². The summed E-state index contributed by atoms with van der Waals surface area (Å²) in [6, 6.07) is 11.9. The number of hydrogen-bond donors (Lipinski definition) is 4. The number of aliphatic carboxylic acids is 1. The Labute approximate surface area is 337 Å². The summed E-state index contributed by atoms with van der Waals surface area (Å²) < 4.78 is 0. The van der Waals surface area contributed by atoms with Gasteiger partial charge in [-0.25, -0.2) is 19.9 Å².